The summed E-state index contributed by atoms with van der Waals surface area (Å²) in [6, 6.07) is 0.457. The molecular weight excluding hydrogens is 256 g/mol. The van der Waals surface area contributed by atoms with E-state index in [0.717, 1.165) is 26.2 Å². The largest absolute Gasteiger partial charge is 0.444 e. The Morgan fingerprint density at radius 3 is 2.75 bits per heavy atom. The summed E-state index contributed by atoms with van der Waals surface area (Å²) < 4.78 is 10.8. The van der Waals surface area contributed by atoms with Crippen molar-refractivity contribution in [3.05, 3.63) is 0 Å². The number of nitrogens with zero attached hydrogens (tertiary/aromatic N) is 1. The van der Waals surface area contributed by atoms with E-state index in [4.69, 9.17) is 9.47 Å². The quantitative estimate of drug-likeness (QED) is 0.842. The zero-order valence-electron chi connectivity index (χ0n) is 13.6. The first-order valence-electron chi connectivity index (χ1n) is 7.53. The molecule has 2 unspecified atom stereocenters. The third-order valence-electron chi connectivity index (χ3n) is 3.21. The highest BCUT2D eigenvalue weighted by Gasteiger charge is 2.21. The summed E-state index contributed by atoms with van der Waals surface area (Å²) in [7, 11) is 1.79. The van der Waals surface area contributed by atoms with Gasteiger partial charge in [-0.2, -0.15) is 0 Å². The van der Waals surface area contributed by atoms with Crippen molar-refractivity contribution in [2.45, 2.75) is 52.2 Å². The maximum absolute atomic E-state index is 11.9. The van der Waals surface area contributed by atoms with Crippen LogP contribution in [-0.4, -0.2) is 56.0 Å². The lowest BCUT2D eigenvalue weighted by Crippen LogP contribution is -2.42. The molecule has 1 aliphatic heterocycles. The Morgan fingerprint density at radius 1 is 1.50 bits per heavy atom. The standard InChI is InChI=1S/C15H30N2O3/c1-12(9-16-13-7-6-8-19-11-13)10-17(5)14(18)20-15(2,3)4/h12-13,16H,6-11H2,1-5H3. The molecule has 0 spiro atoms. The van der Waals surface area contributed by atoms with E-state index >= 15 is 0 Å². The summed E-state index contributed by atoms with van der Waals surface area (Å²) in [6.45, 7) is 11.0. The van der Waals surface area contributed by atoms with Gasteiger partial charge in [-0.1, -0.05) is 6.92 Å². The molecule has 1 amide bonds. The van der Waals surface area contributed by atoms with Crippen molar-refractivity contribution in [2.75, 3.05) is 33.4 Å². The number of carbonyl (C=O) groups excluding carboxylic acids is 1. The SMILES string of the molecule is CC(CNC1CCCOC1)CN(C)C(=O)OC(C)(C)C. The summed E-state index contributed by atoms with van der Waals surface area (Å²) in [5.74, 6) is 0.384. The van der Waals surface area contributed by atoms with E-state index in [1.54, 1.807) is 11.9 Å². The number of carbonyl (C=O) groups is 1. The highest BCUT2D eigenvalue weighted by molar-refractivity contribution is 5.67. The van der Waals surface area contributed by atoms with Gasteiger partial charge < -0.3 is 19.7 Å². The molecule has 0 aromatic carbocycles. The third-order valence-corrected chi connectivity index (χ3v) is 3.21. The minimum Gasteiger partial charge on any atom is -0.444 e. The molecular formula is C15H30N2O3. The van der Waals surface area contributed by atoms with Crippen LogP contribution in [0.15, 0.2) is 0 Å². The van der Waals surface area contributed by atoms with Gasteiger partial charge in [-0.25, -0.2) is 4.79 Å². The van der Waals surface area contributed by atoms with Crippen LogP contribution in [0.2, 0.25) is 0 Å². The molecule has 1 rings (SSSR count). The summed E-state index contributed by atoms with van der Waals surface area (Å²) in [5.41, 5.74) is -0.438. The molecule has 1 heterocycles. The van der Waals surface area contributed by atoms with E-state index in [1.807, 2.05) is 20.8 Å². The number of hydrogen-bond donors (Lipinski definition) is 1. The molecule has 0 radical (unpaired) electrons. The minimum absolute atomic E-state index is 0.259. The van der Waals surface area contributed by atoms with Gasteiger partial charge in [0.05, 0.1) is 6.61 Å². The second kappa shape index (κ2) is 7.84. The van der Waals surface area contributed by atoms with Crippen LogP contribution in [0.3, 0.4) is 0 Å². The van der Waals surface area contributed by atoms with E-state index in [9.17, 15) is 4.79 Å². The molecule has 0 aromatic rings. The van der Waals surface area contributed by atoms with E-state index in [1.165, 1.54) is 6.42 Å². The molecule has 1 N–H and O–H groups in total. The highest BCUT2D eigenvalue weighted by Crippen LogP contribution is 2.10. The Labute approximate surface area is 123 Å². The number of nitrogens with one attached hydrogen (secondary N) is 1. The van der Waals surface area contributed by atoms with Crippen LogP contribution in [0, 0.1) is 5.92 Å². The predicted octanol–water partition coefficient (Wildman–Crippen LogP) is 2.26. The Bertz CT molecular complexity index is 296. The smallest absolute Gasteiger partial charge is 0.410 e. The van der Waals surface area contributed by atoms with Gasteiger partial charge in [-0.15, -0.1) is 0 Å². The first kappa shape index (κ1) is 17.2. The van der Waals surface area contributed by atoms with E-state index < -0.39 is 5.60 Å². The van der Waals surface area contributed by atoms with Gasteiger partial charge in [0.25, 0.3) is 0 Å². The lowest BCUT2D eigenvalue weighted by molar-refractivity contribution is 0.0272. The van der Waals surface area contributed by atoms with E-state index in [0.29, 0.717) is 18.5 Å². The Hall–Kier alpha value is -0.810. The molecule has 0 aromatic heterocycles. The molecule has 5 nitrogen and oxygen atoms in total. The fourth-order valence-electron chi connectivity index (χ4n) is 2.22. The van der Waals surface area contributed by atoms with Gasteiger partial charge in [-0.3, -0.25) is 0 Å². The topological polar surface area (TPSA) is 50.8 Å². The van der Waals surface area contributed by atoms with Gasteiger partial charge in [0.15, 0.2) is 0 Å². The van der Waals surface area contributed by atoms with Gasteiger partial charge in [0, 0.05) is 26.2 Å². The molecule has 0 aliphatic carbocycles. The first-order valence-corrected chi connectivity index (χ1v) is 7.53. The molecule has 1 fully saturated rings. The lowest BCUT2D eigenvalue weighted by Gasteiger charge is -2.28. The molecule has 2 atom stereocenters. The second-order valence-corrected chi connectivity index (χ2v) is 6.79. The van der Waals surface area contributed by atoms with Crippen molar-refractivity contribution in [2.24, 2.45) is 5.92 Å². The van der Waals surface area contributed by atoms with Crippen molar-refractivity contribution < 1.29 is 14.3 Å². The number of ether oxygens (including phenoxy) is 2. The lowest BCUT2D eigenvalue weighted by atomic mass is 10.1. The zero-order valence-corrected chi connectivity index (χ0v) is 13.6. The monoisotopic (exact) mass is 286 g/mol. The average Bonchev–Trinajstić information content (AvgIpc) is 2.35. The number of rotatable bonds is 5. The zero-order chi connectivity index (χ0) is 15.2. The number of hydrogen-bond acceptors (Lipinski definition) is 4. The Balaban J connectivity index is 2.23. The molecule has 20 heavy (non-hydrogen) atoms. The summed E-state index contributed by atoms with van der Waals surface area (Å²) in [6.07, 6.45) is 2.05. The van der Waals surface area contributed by atoms with Crippen molar-refractivity contribution in [3.8, 4) is 0 Å². The maximum Gasteiger partial charge on any atom is 0.410 e. The summed E-state index contributed by atoms with van der Waals surface area (Å²) in [5, 5.41) is 3.51. The minimum atomic E-state index is -0.438. The highest BCUT2D eigenvalue weighted by atomic mass is 16.6. The second-order valence-electron chi connectivity index (χ2n) is 6.79. The molecule has 5 heteroatoms. The van der Waals surface area contributed by atoms with Gasteiger partial charge >= 0.3 is 6.09 Å². The fraction of sp³-hybridized carbons (Fsp3) is 0.933. The normalized spacial score (nSPS) is 21.4. The van der Waals surface area contributed by atoms with Crippen LogP contribution in [0.25, 0.3) is 0 Å². The Morgan fingerprint density at radius 2 is 2.20 bits per heavy atom. The van der Waals surface area contributed by atoms with Crippen molar-refractivity contribution in [1.29, 1.82) is 0 Å². The van der Waals surface area contributed by atoms with Crippen molar-refractivity contribution >= 4 is 6.09 Å². The van der Waals surface area contributed by atoms with Gasteiger partial charge in [0.1, 0.15) is 5.60 Å². The molecule has 1 aliphatic rings. The van der Waals surface area contributed by atoms with E-state index in [-0.39, 0.29) is 6.09 Å². The fourth-order valence-corrected chi connectivity index (χ4v) is 2.22. The van der Waals surface area contributed by atoms with Gasteiger partial charge in [-0.05, 0) is 46.1 Å². The van der Waals surface area contributed by atoms with Crippen LogP contribution in [-0.2, 0) is 9.47 Å². The van der Waals surface area contributed by atoms with Crippen LogP contribution >= 0.6 is 0 Å². The first-order chi connectivity index (χ1) is 9.28. The van der Waals surface area contributed by atoms with Crippen molar-refractivity contribution in [1.82, 2.24) is 10.2 Å². The predicted molar refractivity (Wildman–Crippen MR) is 79.9 cm³/mol. The molecule has 1 saturated heterocycles. The number of amides is 1. The van der Waals surface area contributed by atoms with E-state index in [2.05, 4.69) is 12.2 Å². The van der Waals surface area contributed by atoms with Crippen LogP contribution in [0.5, 0.6) is 0 Å². The van der Waals surface area contributed by atoms with Crippen LogP contribution in [0.1, 0.15) is 40.5 Å². The van der Waals surface area contributed by atoms with Gasteiger partial charge in [0.2, 0.25) is 0 Å². The summed E-state index contributed by atoms with van der Waals surface area (Å²) in [4.78, 5) is 13.5. The molecule has 0 bridgehead atoms. The van der Waals surface area contributed by atoms with Crippen LogP contribution in [0.4, 0.5) is 4.79 Å². The maximum atomic E-state index is 11.9. The molecule has 0 saturated carbocycles. The third kappa shape index (κ3) is 7.10. The summed E-state index contributed by atoms with van der Waals surface area (Å²) >= 11 is 0. The average molecular weight is 286 g/mol. The molecule has 118 valence electrons. The Kier molecular flexibility index (Phi) is 6.76. The van der Waals surface area contributed by atoms with Crippen molar-refractivity contribution in [3.63, 3.8) is 0 Å². The van der Waals surface area contributed by atoms with Crippen LogP contribution < -0.4 is 5.32 Å².